The third-order valence-corrected chi connectivity index (χ3v) is 4.60. The molecule has 2 aliphatic rings. The lowest BCUT2D eigenvalue weighted by Gasteiger charge is -2.36. The Morgan fingerprint density at radius 2 is 1.87 bits per heavy atom. The Hall–Kier alpha value is -2.40. The molecule has 118 valence electrons. The van der Waals surface area contributed by atoms with E-state index >= 15 is 0 Å². The number of rotatable bonds is 3. The largest absolute Gasteiger partial charge is 0.367 e. The number of pyridine rings is 1. The third-order valence-electron chi connectivity index (χ3n) is 4.60. The van der Waals surface area contributed by atoms with Crippen molar-refractivity contribution in [3.8, 4) is 0 Å². The molecule has 2 aromatic rings. The molecule has 0 radical (unpaired) electrons. The molecule has 2 aliphatic heterocycles. The predicted octanol–water partition coefficient (Wildman–Crippen LogP) is 1.70. The molecule has 1 aromatic carbocycles. The number of nitrogens with zero attached hydrogens (tertiary/aromatic N) is 3. The van der Waals surface area contributed by atoms with E-state index in [1.165, 1.54) is 0 Å². The molecule has 0 spiro atoms. The van der Waals surface area contributed by atoms with Crippen LogP contribution in [0.2, 0.25) is 0 Å². The molecule has 2 atom stereocenters. The van der Waals surface area contributed by atoms with Crippen LogP contribution in [0.3, 0.4) is 0 Å². The normalized spacial score (nSPS) is 23.9. The zero-order chi connectivity index (χ0) is 15.6. The molecule has 2 saturated heterocycles. The van der Waals surface area contributed by atoms with Gasteiger partial charge in [-0.3, -0.25) is 9.78 Å². The van der Waals surface area contributed by atoms with Gasteiger partial charge in [0.25, 0.3) is 0 Å². The summed E-state index contributed by atoms with van der Waals surface area (Å²) in [6.45, 7) is 2.44. The summed E-state index contributed by atoms with van der Waals surface area (Å²) in [6.07, 6.45) is 3.67. The van der Waals surface area contributed by atoms with E-state index in [0.717, 1.165) is 24.3 Å². The fourth-order valence-corrected chi connectivity index (χ4v) is 3.42. The molecule has 4 rings (SSSR count). The Morgan fingerprint density at radius 3 is 2.65 bits per heavy atom. The Balaban J connectivity index is 1.54. The second kappa shape index (κ2) is 6.01. The van der Waals surface area contributed by atoms with Gasteiger partial charge in [-0.2, -0.15) is 0 Å². The number of fused-ring (bicyclic) bond motifs is 1. The van der Waals surface area contributed by atoms with Gasteiger partial charge in [-0.25, -0.2) is 0 Å². The summed E-state index contributed by atoms with van der Waals surface area (Å²) in [5.74, 6) is 0.0756. The quantitative estimate of drug-likeness (QED) is 0.866. The number of benzene rings is 1. The number of amides is 1. The maximum Gasteiger partial charge on any atom is 0.249 e. The molecular weight excluding hydrogens is 290 g/mol. The maximum atomic E-state index is 12.4. The minimum atomic E-state index is 0.0737. The summed E-state index contributed by atoms with van der Waals surface area (Å²) in [6, 6.07) is 14.2. The Bertz CT molecular complexity index is 677. The van der Waals surface area contributed by atoms with Gasteiger partial charge in [-0.15, -0.1) is 0 Å². The molecule has 5 nitrogen and oxygen atoms in total. The van der Waals surface area contributed by atoms with Crippen LogP contribution in [-0.4, -0.2) is 47.6 Å². The smallest absolute Gasteiger partial charge is 0.249 e. The van der Waals surface area contributed by atoms with E-state index in [0.29, 0.717) is 6.54 Å². The first-order valence-electron chi connectivity index (χ1n) is 7.91. The fraction of sp³-hybridized carbons (Fsp3) is 0.333. The average Bonchev–Trinajstić information content (AvgIpc) is 3.04. The van der Waals surface area contributed by atoms with Gasteiger partial charge in [-0.1, -0.05) is 30.3 Å². The standard InChI is InChI=1S/C18H19N3O2/c22-18-13-23-17-12-20(15-6-8-19-9-7-15)11-16(17)21(18)10-14-4-2-1-3-5-14/h1-9,16-17H,10-13H2/t16-,17-/m1/s1. The highest BCUT2D eigenvalue weighted by Crippen LogP contribution is 2.28. The molecule has 3 heterocycles. The minimum absolute atomic E-state index is 0.0737. The van der Waals surface area contributed by atoms with Crippen LogP contribution in [0.1, 0.15) is 5.56 Å². The van der Waals surface area contributed by atoms with Gasteiger partial charge in [0.1, 0.15) is 6.61 Å². The highest BCUT2D eigenvalue weighted by atomic mass is 16.5. The van der Waals surface area contributed by atoms with Crippen LogP contribution in [-0.2, 0) is 16.1 Å². The molecule has 5 heteroatoms. The Morgan fingerprint density at radius 1 is 1.09 bits per heavy atom. The number of ether oxygens (including phenoxy) is 1. The minimum Gasteiger partial charge on any atom is -0.367 e. The fourth-order valence-electron chi connectivity index (χ4n) is 3.42. The van der Waals surface area contributed by atoms with Gasteiger partial charge in [-0.05, 0) is 17.7 Å². The lowest BCUT2D eigenvalue weighted by atomic mass is 10.1. The van der Waals surface area contributed by atoms with Gasteiger partial charge in [0.15, 0.2) is 0 Å². The number of carbonyl (C=O) groups is 1. The third kappa shape index (κ3) is 2.80. The molecular formula is C18H19N3O2. The van der Waals surface area contributed by atoms with E-state index in [2.05, 4.69) is 22.0 Å². The molecule has 1 amide bonds. The van der Waals surface area contributed by atoms with Crippen molar-refractivity contribution in [2.45, 2.75) is 18.7 Å². The predicted molar refractivity (Wildman–Crippen MR) is 87.0 cm³/mol. The van der Waals surface area contributed by atoms with E-state index in [4.69, 9.17) is 4.74 Å². The molecule has 1 aromatic heterocycles. The molecule has 23 heavy (non-hydrogen) atoms. The zero-order valence-corrected chi connectivity index (χ0v) is 12.8. The number of hydrogen-bond acceptors (Lipinski definition) is 4. The first-order chi connectivity index (χ1) is 11.3. The maximum absolute atomic E-state index is 12.4. The van der Waals surface area contributed by atoms with Crippen molar-refractivity contribution in [1.82, 2.24) is 9.88 Å². The SMILES string of the molecule is O=C1CO[C@@H]2CN(c3ccncc3)C[C@H]2N1Cc1ccccc1. The van der Waals surface area contributed by atoms with Crippen LogP contribution in [0.5, 0.6) is 0 Å². The van der Waals surface area contributed by atoms with Gasteiger partial charge < -0.3 is 14.5 Å². The van der Waals surface area contributed by atoms with Gasteiger partial charge in [0, 0.05) is 37.7 Å². The topological polar surface area (TPSA) is 45.7 Å². The van der Waals surface area contributed by atoms with Crippen molar-refractivity contribution in [1.29, 1.82) is 0 Å². The van der Waals surface area contributed by atoms with Gasteiger partial charge in [0.2, 0.25) is 5.91 Å². The van der Waals surface area contributed by atoms with Crippen molar-refractivity contribution in [2.24, 2.45) is 0 Å². The lowest BCUT2D eigenvalue weighted by molar-refractivity contribution is -0.153. The Labute approximate surface area is 135 Å². The summed E-state index contributed by atoms with van der Waals surface area (Å²) in [5, 5.41) is 0. The van der Waals surface area contributed by atoms with Crippen LogP contribution >= 0.6 is 0 Å². The molecule has 0 aliphatic carbocycles. The van der Waals surface area contributed by atoms with Gasteiger partial charge in [0.05, 0.1) is 12.1 Å². The number of morpholine rings is 1. The molecule has 0 saturated carbocycles. The summed E-state index contributed by atoms with van der Waals surface area (Å²) in [7, 11) is 0. The van der Waals surface area contributed by atoms with Crippen LogP contribution < -0.4 is 4.90 Å². The first kappa shape index (κ1) is 14.2. The monoisotopic (exact) mass is 309 g/mol. The summed E-state index contributed by atoms with van der Waals surface area (Å²) < 4.78 is 5.79. The summed E-state index contributed by atoms with van der Waals surface area (Å²) >= 11 is 0. The second-order valence-electron chi connectivity index (χ2n) is 6.03. The van der Waals surface area contributed by atoms with E-state index in [1.54, 1.807) is 12.4 Å². The second-order valence-corrected chi connectivity index (χ2v) is 6.03. The van der Waals surface area contributed by atoms with Crippen molar-refractivity contribution in [3.63, 3.8) is 0 Å². The average molecular weight is 309 g/mol. The molecule has 0 N–H and O–H groups in total. The van der Waals surface area contributed by atoms with Crippen LogP contribution in [0.4, 0.5) is 5.69 Å². The van der Waals surface area contributed by atoms with E-state index in [1.807, 2.05) is 35.2 Å². The van der Waals surface area contributed by atoms with Crippen molar-refractivity contribution in [3.05, 3.63) is 60.4 Å². The molecule has 0 bridgehead atoms. The number of carbonyl (C=O) groups excluding carboxylic acids is 1. The highest BCUT2D eigenvalue weighted by molar-refractivity contribution is 5.79. The van der Waals surface area contributed by atoms with Crippen molar-refractivity contribution in [2.75, 3.05) is 24.6 Å². The van der Waals surface area contributed by atoms with E-state index in [9.17, 15) is 4.79 Å². The van der Waals surface area contributed by atoms with Crippen molar-refractivity contribution >= 4 is 11.6 Å². The van der Waals surface area contributed by atoms with Crippen LogP contribution in [0.25, 0.3) is 0 Å². The summed E-state index contributed by atoms with van der Waals surface area (Å²) in [4.78, 5) is 20.7. The zero-order valence-electron chi connectivity index (χ0n) is 12.8. The van der Waals surface area contributed by atoms with Crippen LogP contribution in [0.15, 0.2) is 54.9 Å². The lowest BCUT2D eigenvalue weighted by Crippen LogP contribution is -2.53. The van der Waals surface area contributed by atoms with Crippen LogP contribution in [0, 0.1) is 0 Å². The molecule has 0 unspecified atom stereocenters. The summed E-state index contributed by atoms with van der Waals surface area (Å²) in [5.41, 5.74) is 2.29. The number of aromatic nitrogens is 1. The number of anilines is 1. The van der Waals surface area contributed by atoms with Gasteiger partial charge >= 0.3 is 0 Å². The van der Waals surface area contributed by atoms with E-state index < -0.39 is 0 Å². The molecule has 2 fully saturated rings. The van der Waals surface area contributed by atoms with Crippen molar-refractivity contribution < 1.29 is 9.53 Å². The first-order valence-corrected chi connectivity index (χ1v) is 7.91. The Kier molecular flexibility index (Phi) is 3.71. The van der Waals surface area contributed by atoms with E-state index in [-0.39, 0.29) is 24.7 Å². The highest BCUT2D eigenvalue weighted by Gasteiger charge is 2.43. The number of hydrogen-bond donors (Lipinski definition) is 0.